The van der Waals surface area contributed by atoms with Gasteiger partial charge in [0.25, 0.3) is 5.91 Å². The van der Waals surface area contributed by atoms with E-state index in [4.69, 9.17) is 10.1 Å². The third-order valence-corrected chi connectivity index (χ3v) is 6.94. The lowest BCUT2D eigenvalue weighted by Crippen LogP contribution is -2.48. The number of nitrogens with one attached hydrogen (secondary N) is 1. The number of aromatic carboxylic acids is 1. The molecule has 186 valence electrons. The molecule has 4 heterocycles. The van der Waals surface area contributed by atoms with E-state index >= 15 is 0 Å². The van der Waals surface area contributed by atoms with Crippen LogP contribution in [0.4, 0.5) is 11.6 Å². The molecular weight excluding hydrogens is 456 g/mol. The molecule has 2 aromatic heterocycles. The molecule has 3 aromatic rings. The summed E-state index contributed by atoms with van der Waals surface area (Å²) in [5.41, 5.74) is 6.02. The molecule has 9 heteroatoms. The molecule has 0 aliphatic carbocycles. The molecule has 9 nitrogen and oxygen atoms in total. The molecule has 36 heavy (non-hydrogen) atoms. The SMILES string of the molecule is Cc1cc(C)cc(Nc2ncc3c(n2)CCN(C2CCN(C(=O)c4ccc(C(=O)O)nc4)CC2)C3)c1. The Bertz CT molecular complexity index is 1260. The van der Waals surface area contributed by atoms with E-state index in [1.807, 2.05) is 11.1 Å². The molecule has 0 radical (unpaired) electrons. The lowest BCUT2D eigenvalue weighted by Gasteiger charge is -2.40. The molecule has 0 saturated carbocycles. The highest BCUT2D eigenvalue weighted by Crippen LogP contribution is 2.26. The highest BCUT2D eigenvalue weighted by molar-refractivity contribution is 5.95. The Morgan fingerprint density at radius 1 is 1.00 bits per heavy atom. The van der Waals surface area contributed by atoms with Crippen molar-refractivity contribution in [1.82, 2.24) is 24.8 Å². The number of benzene rings is 1. The molecule has 2 aliphatic heterocycles. The van der Waals surface area contributed by atoms with Crippen LogP contribution in [0.3, 0.4) is 0 Å². The van der Waals surface area contributed by atoms with Crippen LogP contribution < -0.4 is 5.32 Å². The third-order valence-electron chi connectivity index (χ3n) is 6.94. The Morgan fingerprint density at radius 2 is 1.75 bits per heavy atom. The molecule has 2 N–H and O–H groups in total. The summed E-state index contributed by atoms with van der Waals surface area (Å²) >= 11 is 0. The number of hydrogen-bond donors (Lipinski definition) is 2. The quantitative estimate of drug-likeness (QED) is 0.563. The Hall–Kier alpha value is -3.85. The smallest absolute Gasteiger partial charge is 0.354 e. The summed E-state index contributed by atoms with van der Waals surface area (Å²) in [6.07, 6.45) is 5.96. The fraction of sp³-hybridized carbons (Fsp3) is 0.370. The first kappa shape index (κ1) is 23.9. The lowest BCUT2D eigenvalue weighted by molar-refractivity contribution is 0.0595. The first-order valence-electron chi connectivity index (χ1n) is 12.3. The molecular formula is C27H30N6O3. The monoisotopic (exact) mass is 486 g/mol. The Balaban J connectivity index is 1.17. The van der Waals surface area contributed by atoms with Crippen molar-refractivity contribution >= 4 is 23.5 Å². The van der Waals surface area contributed by atoms with Gasteiger partial charge in [0.1, 0.15) is 5.69 Å². The third kappa shape index (κ3) is 5.21. The second-order valence-corrected chi connectivity index (χ2v) is 9.65. The standard InChI is InChI=1S/C27H30N6O3/c1-17-11-18(2)13-21(12-17)30-27-29-15-20-16-33(10-7-23(20)31-27)22-5-8-32(9-6-22)25(34)19-3-4-24(26(35)36)28-14-19/h3-4,11-15,22H,5-10,16H2,1-2H3,(H,35,36)(H,29,30,31). The van der Waals surface area contributed by atoms with Crippen LogP contribution in [0.5, 0.6) is 0 Å². The van der Waals surface area contributed by atoms with Crippen LogP contribution >= 0.6 is 0 Å². The highest BCUT2D eigenvalue weighted by atomic mass is 16.4. The van der Waals surface area contributed by atoms with Gasteiger partial charge in [-0.05, 0) is 62.1 Å². The van der Waals surface area contributed by atoms with Gasteiger partial charge in [0.2, 0.25) is 5.95 Å². The van der Waals surface area contributed by atoms with Gasteiger partial charge in [0.05, 0.1) is 11.3 Å². The number of amides is 1. The topological polar surface area (TPSA) is 112 Å². The van der Waals surface area contributed by atoms with Gasteiger partial charge >= 0.3 is 5.97 Å². The van der Waals surface area contributed by atoms with E-state index in [1.54, 1.807) is 0 Å². The van der Waals surface area contributed by atoms with Crippen LogP contribution in [0.15, 0.2) is 42.7 Å². The van der Waals surface area contributed by atoms with Crippen molar-refractivity contribution in [2.75, 3.05) is 25.0 Å². The van der Waals surface area contributed by atoms with Crippen molar-refractivity contribution in [2.24, 2.45) is 0 Å². The Kier molecular flexibility index (Phi) is 6.65. The minimum atomic E-state index is -1.10. The van der Waals surface area contributed by atoms with E-state index in [9.17, 15) is 9.59 Å². The Morgan fingerprint density at radius 3 is 2.42 bits per heavy atom. The zero-order valence-electron chi connectivity index (χ0n) is 20.6. The normalized spacial score (nSPS) is 16.4. The van der Waals surface area contributed by atoms with Crippen LogP contribution in [-0.4, -0.2) is 67.4 Å². The summed E-state index contributed by atoms with van der Waals surface area (Å²) in [6, 6.07) is 9.65. The number of piperidine rings is 1. The van der Waals surface area contributed by atoms with Crippen LogP contribution in [0.2, 0.25) is 0 Å². The van der Waals surface area contributed by atoms with Gasteiger partial charge in [-0.25, -0.2) is 19.7 Å². The van der Waals surface area contributed by atoms with E-state index in [0.29, 0.717) is 30.6 Å². The number of hydrogen-bond acceptors (Lipinski definition) is 7. The maximum atomic E-state index is 12.8. The van der Waals surface area contributed by atoms with E-state index in [1.165, 1.54) is 29.5 Å². The van der Waals surface area contributed by atoms with Gasteiger partial charge in [0.15, 0.2) is 0 Å². The summed E-state index contributed by atoms with van der Waals surface area (Å²) in [7, 11) is 0. The minimum Gasteiger partial charge on any atom is -0.477 e. The highest BCUT2D eigenvalue weighted by Gasteiger charge is 2.30. The van der Waals surface area contributed by atoms with Gasteiger partial charge in [-0.3, -0.25) is 9.69 Å². The average Bonchev–Trinajstić information content (AvgIpc) is 2.87. The predicted octanol–water partition coefficient (Wildman–Crippen LogP) is 3.59. The number of anilines is 2. The molecule has 1 amide bonds. The zero-order chi connectivity index (χ0) is 25.2. The largest absolute Gasteiger partial charge is 0.477 e. The minimum absolute atomic E-state index is 0.0622. The molecule has 1 aromatic carbocycles. The molecule has 0 bridgehead atoms. The van der Waals surface area contributed by atoms with E-state index < -0.39 is 5.97 Å². The van der Waals surface area contributed by atoms with Crippen LogP contribution in [0, 0.1) is 13.8 Å². The molecule has 2 aliphatic rings. The number of pyridine rings is 1. The zero-order valence-corrected chi connectivity index (χ0v) is 20.6. The second kappa shape index (κ2) is 10.0. The Labute approximate surface area is 210 Å². The van der Waals surface area contributed by atoms with E-state index in [0.717, 1.165) is 49.3 Å². The first-order valence-corrected chi connectivity index (χ1v) is 12.3. The lowest BCUT2D eigenvalue weighted by atomic mass is 9.98. The van der Waals surface area contributed by atoms with Gasteiger partial charge < -0.3 is 15.3 Å². The number of carbonyl (C=O) groups excluding carboxylic acids is 1. The molecule has 0 unspecified atom stereocenters. The second-order valence-electron chi connectivity index (χ2n) is 9.65. The maximum Gasteiger partial charge on any atom is 0.354 e. The molecule has 0 spiro atoms. The number of rotatable bonds is 5. The van der Waals surface area contributed by atoms with Crippen molar-refractivity contribution in [1.29, 1.82) is 0 Å². The van der Waals surface area contributed by atoms with Gasteiger partial charge in [-0.15, -0.1) is 0 Å². The number of carboxylic acids is 1. The molecule has 5 rings (SSSR count). The van der Waals surface area contributed by atoms with Crippen molar-refractivity contribution in [3.05, 3.63) is 76.4 Å². The summed E-state index contributed by atoms with van der Waals surface area (Å²) in [6.45, 7) is 7.25. The molecule has 1 fully saturated rings. The maximum absolute atomic E-state index is 12.8. The van der Waals surface area contributed by atoms with Gasteiger partial charge in [-0.1, -0.05) is 6.07 Å². The predicted molar refractivity (Wildman–Crippen MR) is 135 cm³/mol. The summed E-state index contributed by atoms with van der Waals surface area (Å²) in [4.78, 5) is 41.4. The van der Waals surface area contributed by atoms with Crippen LogP contribution in [0.1, 0.15) is 56.1 Å². The van der Waals surface area contributed by atoms with E-state index in [2.05, 4.69) is 52.2 Å². The van der Waals surface area contributed by atoms with Crippen molar-refractivity contribution < 1.29 is 14.7 Å². The summed E-state index contributed by atoms with van der Waals surface area (Å²) < 4.78 is 0. The number of fused-ring (bicyclic) bond motifs is 1. The molecule has 1 saturated heterocycles. The average molecular weight is 487 g/mol. The number of aryl methyl sites for hydroxylation is 2. The number of carbonyl (C=O) groups is 2. The number of nitrogens with zero attached hydrogens (tertiary/aromatic N) is 5. The summed E-state index contributed by atoms with van der Waals surface area (Å²) in [5.74, 6) is -0.568. The van der Waals surface area contributed by atoms with Crippen LogP contribution in [0.25, 0.3) is 0 Å². The first-order chi connectivity index (χ1) is 17.4. The van der Waals surface area contributed by atoms with E-state index in [-0.39, 0.29) is 11.6 Å². The number of carboxylic acid groups (broad SMARTS) is 1. The summed E-state index contributed by atoms with van der Waals surface area (Å²) in [5, 5.41) is 12.3. The fourth-order valence-corrected chi connectivity index (χ4v) is 5.15. The number of aromatic nitrogens is 3. The van der Waals surface area contributed by atoms with Gasteiger partial charge in [-0.2, -0.15) is 0 Å². The van der Waals surface area contributed by atoms with Crippen LogP contribution in [-0.2, 0) is 13.0 Å². The fourth-order valence-electron chi connectivity index (χ4n) is 5.15. The molecule has 0 atom stereocenters. The number of likely N-dealkylation sites (tertiary alicyclic amines) is 1. The van der Waals surface area contributed by atoms with Crippen molar-refractivity contribution in [3.63, 3.8) is 0 Å². The van der Waals surface area contributed by atoms with Gasteiger partial charge in [0, 0.05) is 62.3 Å². The van der Waals surface area contributed by atoms with Crippen molar-refractivity contribution in [3.8, 4) is 0 Å². The van der Waals surface area contributed by atoms with Crippen molar-refractivity contribution in [2.45, 2.75) is 45.7 Å².